The predicted octanol–water partition coefficient (Wildman–Crippen LogP) is 8.54. The number of sulfonamides is 1. The largest absolute Gasteiger partial charge is 0.460 e. The number of carbonyl (C=O) groups is 6. The number of aryl methyl sites for hydroxylation is 2. The fourth-order valence-corrected chi connectivity index (χ4v) is 19.7. The zero-order valence-corrected chi connectivity index (χ0v) is 77.0. The van der Waals surface area contributed by atoms with Gasteiger partial charge in [-0.3, -0.25) is 24.0 Å². The minimum Gasteiger partial charge on any atom is -0.460 e. The number of nitrogens with two attached hydrogens (primary N) is 2. The maximum absolute atomic E-state index is 14.9. The van der Waals surface area contributed by atoms with Gasteiger partial charge in [0.2, 0.25) is 27.7 Å². The molecule has 706 valence electrons. The Hall–Kier alpha value is -10.8. The number of aliphatic hydroxyl groups is 3. The highest BCUT2D eigenvalue weighted by molar-refractivity contribution is 7.89. The quantitative estimate of drug-likeness (QED) is 0.0116. The van der Waals surface area contributed by atoms with Crippen LogP contribution in [0.1, 0.15) is 157 Å². The van der Waals surface area contributed by atoms with Crippen LogP contribution in [0.25, 0.3) is 55.8 Å². The van der Waals surface area contributed by atoms with Crippen molar-refractivity contribution in [3.63, 3.8) is 0 Å². The standard InChI is InChI=1S/C93H125N19O18S/c1-57-18-11-10-12-19-58(2)77(124-8)50-70-26-23-63(7)93(121,130-70)86(118)89(119)110-32-15-13-22-73(110)90(120)128-78(51-75(113)59(3)45-62(6)84(116)85(117)83(115)61(5)44-57)60(4)46-64-24-27-72(79(47-64)125-9)112-74(54-101-105-112)66-21-17-20-65(48-66)68-52-97-92(98-53-68)107-34-36-109(37-35-107)131(122,123)43-30-69-55-108(106-103-69)38-40-127-42-41-126-39-29-80(114)96-31-14-16-33-111-88-81(87(94)99-56-100-88)82(104-111)67-25-28-76-71(49-67)102-91(95)129-76/h10-12,17-21,25,28,45,48-49,52-57,59-61,63-64,70,72-73,77-79,84-85,116-117,121H,13-16,22-24,26-27,29-44,46-47,50-51H2,1-9H3,(H2,95,102)(H,96,114)(H2,94,99,100)/b12-10?,18-11-,58-19?,62-45-/t57-,59-,60-,61-,63+,64+,70-,72+,73+,77-,78+,79-,84+,85+,93+/m1/s1. The Bertz CT molecular complexity index is 5510. The molecule has 8 N–H and O–H groups in total. The number of nitrogens with one attached hydrogen (secondary N) is 1. The Morgan fingerprint density at radius 2 is 1.56 bits per heavy atom. The van der Waals surface area contributed by atoms with E-state index in [4.69, 9.17) is 59.4 Å². The Morgan fingerprint density at radius 1 is 0.779 bits per heavy atom. The van der Waals surface area contributed by atoms with E-state index in [1.54, 1.807) is 82.1 Å². The van der Waals surface area contributed by atoms with Crippen LogP contribution < -0.4 is 21.7 Å². The number of aliphatic hydroxyl groups excluding tert-OH is 2. The van der Waals surface area contributed by atoms with E-state index in [0.29, 0.717) is 168 Å². The number of anilines is 3. The van der Waals surface area contributed by atoms with Crippen LogP contribution >= 0.6 is 0 Å². The maximum Gasteiger partial charge on any atom is 0.329 e. The third kappa shape index (κ3) is 24.6. The smallest absolute Gasteiger partial charge is 0.329 e. The first-order valence-electron chi connectivity index (χ1n) is 45.6. The number of benzene rings is 2. The summed E-state index contributed by atoms with van der Waals surface area (Å²) in [5, 5.41) is 60.8. The third-order valence-corrected chi connectivity index (χ3v) is 27.9. The zero-order valence-electron chi connectivity index (χ0n) is 76.2. The van der Waals surface area contributed by atoms with Gasteiger partial charge in [-0.25, -0.2) is 47.2 Å². The Morgan fingerprint density at radius 3 is 2.34 bits per heavy atom. The molecule has 2 aromatic carbocycles. The number of ketones is 3. The lowest BCUT2D eigenvalue weighted by atomic mass is 9.77. The number of oxazole rings is 1. The lowest BCUT2D eigenvalue weighted by Gasteiger charge is -2.42. The number of hydrogen-bond donors (Lipinski definition) is 6. The van der Waals surface area contributed by atoms with Gasteiger partial charge in [0.25, 0.3) is 17.7 Å². The van der Waals surface area contributed by atoms with Gasteiger partial charge in [0.1, 0.15) is 53.5 Å². The number of allylic oxidation sites excluding steroid dienone is 6. The lowest BCUT2D eigenvalue weighted by Crippen LogP contribution is -2.61. The van der Waals surface area contributed by atoms with E-state index >= 15 is 0 Å². The molecule has 3 saturated heterocycles. The second-order valence-corrected chi connectivity index (χ2v) is 37.6. The summed E-state index contributed by atoms with van der Waals surface area (Å²) in [4.78, 5) is 111. The van der Waals surface area contributed by atoms with E-state index in [1.165, 1.54) is 21.6 Å². The summed E-state index contributed by atoms with van der Waals surface area (Å²) in [7, 11) is -0.437. The van der Waals surface area contributed by atoms with Crippen molar-refractivity contribution in [2.24, 2.45) is 35.5 Å². The number of methoxy groups -OCH3 is 2. The zero-order chi connectivity index (χ0) is 93.2. The van der Waals surface area contributed by atoms with Crippen molar-refractivity contribution in [2.45, 2.75) is 219 Å². The summed E-state index contributed by atoms with van der Waals surface area (Å²) < 4.78 is 75.9. The maximum atomic E-state index is 14.9. The van der Waals surface area contributed by atoms with Gasteiger partial charge in [-0.05, 0) is 150 Å². The van der Waals surface area contributed by atoms with Crippen LogP contribution in [-0.4, -0.2) is 267 Å². The number of unbranched alkanes of at least 4 members (excludes halogenated alkanes) is 1. The van der Waals surface area contributed by atoms with Crippen molar-refractivity contribution >= 4 is 85.1 Å². The molecule has 1 saturated carbocycles. The fourth-order valence-electron chi connectivity index (χ4n) is 18.3. The van der Waals surface area contributed by atoms with Gasteiger partial charge < -0.3 is 74.7 Å². The van der Waals surface area contributed by atoms with Crippen molar-refractivity contribution in [3.8, 4) is 33.6 Å². The van der Waals surface area contributed by atoms with Gasteiger partial charge in [-0.1, -0.05) is 99.7 Å². The summed E-state index contributed by atoms with van der Waals surface area (Å²) in [5.74, 6) is -8.73. The number of cyclic esters (lactones) is 1. The molecule has 2 amide bonds. The summed E-state index contributed by atoms with van der Waals surface area (Å²) >= 11 is 0. The first-order chi connectivity index (χ1) is 63.0. The van der Waals surface area contributed by atoms with E-state index in [9.17, 15) is 52.5 Å². The van der Waals surface area contributed by atoms with Crippen LogP contribution in [0.5, 0.6) is 0 Å². The third-order valence-electron chi connectivity index (χ3n) is 26.0. The van der Waals surface area contributed by atoms with Crippen LogP contribution in [0.4, 0.5) is 17.8 Å². The molecule has 8 aromatic rings. The van der Waals surface area contributed by atoms with E-state index in [2.05, 4.69) is 40.9 Å². The number of nitrogen functional groups attached to an aromatic ring is 2. The number of carbonyl (C=O) groups excluding carboxylic acids is 6. The summed E-state index contributed by atoms with van der Waals surface area (Å²) in [6, 6.07) is 12.0. The molecular formula is C93H125N19O18S. The molecule has 4 fully saturated rings. The monoisotopic (exact) mass is 1830 g/mol. The number of esters is 1. The highest BCUT2D eigenvalue weighted by Gasteiger charge is 2.53. The Balaban J connectivity index is 0.558. The van der Waals surface area contributed by atoms with Crippen molar-refractivity contribution in [1.82, 2.24) is 79.2 Å². The van der Waals surface area contributed by atoms with Crippen LogP contribution in [-0.2, 0) is 86.7 Å². The van der Waals surface area contributed by atoms with Crippen LogP contribution in [0.2, 0.25) is 0 Å². The fraction of sp³-hybridized carbons (Fsp3) is 0.570. The summed E-state index contributed by atoms with van der Waals surface area (Å²) in [6.07, 6.45) is 19.9. The Labute approximate surface area is 762 Å². The highest BCUT2D eigenvalue weighted by Crippen LogP contribution is 2.43. The number of fused-ring (bicyclic) bond motifs is 5. The molecule has 0 radical (unpaired) electrons. The molecule has 0 unspecified atom stereocenters. The van der Waals surface area contributed by atoms with Gasteiger partial charge >= 0.3 is 5.97 Å². The predicted molar refractivity (Wildman–Crippen MR) is 487 cm³/mol. The number of piperazine rings is 1. The van der Waals surface area contributed by atoms with Crippen LogP contribution in [0.15, 0.2) is 126 Å². The number of hydrogen-bond acceptors (Lipinski definition) is 31. The SMILES string of the molecule is CO[C@@H]1C[C@H]2CC[C@H](C)[C@](O)(O2)C(=O)C(=O)N2CCCC[C@H]2C(=O)O[C@H]([C@H](C)C[C@@H]2CC[C@H](n3nncc3-c3cccc(-c4cnc(N5CCN(S(=O)(=O)CCc6cn(CCOCCOCCC(=O)NCCCCn7nc(-c8ccc9oc(N)nc9c8)c8c(N)ncnc87)nn6)CC5)nc4)c3)[C@H](OC)C2)CC(=O)[C@H](C)/C=C(/C)[C@H](O)[C@@H](O)C(=O)[C@H](C)C[C@H](C)/C=C\C=CC=C1C. The molecule has 1 aliphatic carbocycles. The number of amides is 2. The second kappa shape index (κ2) is 45.1. The molecule has 13 rings (SSSR count). The van der Waals surface area contributed by atoms with E-state index in [0.717, 1.165) is 33.5 Å². The Kier molecular flexibility index (Phi) is 33.6. The van der Waals surface area contributed by atoms with E-state index < -0.39 is 99.5 Å². The second-order valence-electron chi connectivity index (χ2n) is 35.5. The van der Waals surface area contributed by atoms with Gasteiger partial charge in [-0.15, -0.1) is 10.2 Å². The van der Waals surface area contributed by atoms with Gasteiger partial charge in [-0.2, -0.15) is 14.4 Å². The number of ether oxygens (including phenoxy) is 6. The van der Waals surface area contributed by atoms with Crippen molar-refractivity contribution in [2.75, 3.05) is 102 Å². The number of piperidine rings is 1. The molecule has 10 heterocycles. The normalized spacial score (nSPS) is 26.4. The van der Waals surface area contributed by atoms with E-state index in [1.807, 2.05) is 97.1 Å². The van der Waals surface area contributed by atoms with Crippen molar-refractivity contribution in [1.29, 1.82) is 0 Å². The van der Waals surface area contributed by atoms with Gasteiger partial charge in [0, 0.05) is 139 Å². The number of Topliss-reactive ketones (excluding diaryl/α,β-unsaturated/α-hetero) is 3. The molecule has 0 spiro atoms. The average molecular weight is 1830 g/mol. The highest BCUT2D eigenvalue weighted by atomic mass is 32.2. The minimum atomic E-state index is -3.65. The molecular weight excluding hydrogens is 1700 g/mol. The van der Waals surface area contributed by atoms with Crippen molar-refractivity contribution in [3.05, 3.63) is 127 Å². The number of rotatable bonds is 28. The summed E-state index contributed by atoms with van der Waals surface area (Å²) in [6.45, 7) is 16.1. The van der Waals surface area contributed by atoms with E-state index in [-0.39, 0.29) is 111 Å². The molecule has 15 atom stereocenters. The van der Waals surface area contributed by atoms with Crippen LogP contribution in [0.3, 0.4) is 0 Å². The first-order valence-corrected chi connectivity index (χ1v) is 47.2. The average Bonchev–Trinajstić information content (AvgIpc) is 1.66. The lowest BCUT2D eigenvalue weighted by molar-refractivity contribution is -0.265. The van der Waals surface area contributed by atoms with Crippen LogP contribution in [0, 0.1) is 35.5 Å². The first kappa shape index (κ1) is 97.7. The number of aromatic nitrogens is 13. The topological polar surface area (TPSA) is 483 Å². The molecule has 2 bridgehead atoms. The summed E-state index contributed by atoms with van der Waals surface area (Å²) in [5.41, 5.74) is 20.0. The number of nitrogens with zero attached hydrogens (tertiary/aromatic N) is 16. The molecule has 5 aliphatic rings. The molecule has 38 heteroatoms. The minimum absolute atomic E-state index is 0.00224. The molecule has 131 heavy (non-hydrogen) atoms. The van der Waals surface area contributed by atoms with Crippen molar-refractivity contribution < 1.29 is 85.3 Å². The van der Waals surface area contributed by atoms with Gasteiger partial charge in [0.05, 0.1) is 86.0 Å². The molecule has 37 nitrogen and oxygen atoms in total. The molecule has 4 aliphatic heterocycles. The van der Waals surface area contributed by atoms with Gasteiger partial charge in [0.15, 0.2) is 17.0 Å². The molecule has 6 aromatic heterocycles.